The summed E-state index contributed by atoms with van der Waals surface area (Å²) in [5.41, 5.74) is 0. The zero-order valence-electron chi connectivity index (χ0n) is 66.9. The van der Waals surface area contributed by atoms with Crippen LogP contribution in [0.25, 0.3) is 0 Å². The highest BCUT2D eigenvalue weighted by Crippen LogP contribution is 2.45. The van der Waals surface area contributed by atoms with Gasteiger partial charge < -0.3 is 33.8 Å². The van der Waals surface area contributed by atoms with Gasteiger partial charge in [-0.25, -0.2) is 9.13 Å². The van der Waals surface area contributed by atoms with Crippen molar-refractivity contribution in [3.8, 4) is 0 Å². The van der Waals surface area contributed by atoms with Crippen LogP contribution in [0.5, 0.6) is 0 Å². The van der Waals surface area contributed by atoms with E-state index in [-0.39, 0.29) is 25.7 Å². The summed E-state index contributed by atoms with van der Waals surface area (Å²) in [5, 5.41) is 10.6. The lowest BCUT2D eigenvalue weighted by molar-refractivity contribution is -0.161. The minimum absolute atomic E-state index is 0.107. The number of carbonyl (C=O) groups excluding carboxylic acids is 4. The van der Waals surface area contributed by atoms with Crippen molar-refractivity contribution in [2.75, 3.05) is 39.6 Å². The number of esters is 4. The molecule has 0 spiro atoms. The van der Waals surface area contributed by atoms with Crippen molar-refractivity contribution < 1.29 is 80.2 Å². The number of hydrogen-bond acceptors (Lipinski definition) is 15. The van der Waals surface area contributed by atoms with Crippen LogP contribution in [0.15, 0.2) is 0 Å². The fourth-order valence-corrected chi connectivity index (χ4v) is 14.5. The largest absolute Gasteiger partial charge is 0.472 e. The Morgan fingerprint density at radius 3 is 0.667 bits per heavy atom. The van der Waals surface area contributed by atoms with Crippen LogP contribution in [0.3, 0.4) is 0 Å². The minimum atomic E-state index is -4.96. The summed E-state index contributed by atoms with van der Waals surface area (Å²) < 4.78 is 68.7. The van der Waals surface area contributed by atoms with E-state index in [1.54, 1.807) is 0 Å². The maximum absolute atomic E-state index is 13.1. The third-order valence-electron chi connectivity index (χ3n) is 19.5. The number of aliphatic hydroxyl groups excluding tert-OH is 1. The van der Waals surface area contributed by atoms with Crippen molar-refractivity contribution in [2.24, 2.45) is 11.8 Å². The second-order valence-corrected chi connectivity index (χ2v) is 33.7. The van der Waals surface area contributed by atoms with Gasteiger partial charge in [0.2, 0.25) is 0 Å². The Bertz CT molecular complexity index is 1960. The number of rotatable bonds is 82. The van der Waals surface area contributed by atoms with Crippen molar-refractivity contribution in [3.05, 3.63) is 0 Å². The molecule has 0 aliphatic rings. The molecule has 0 fully saturated rings. The highest BCUT2D eigenvalue weighted by atomic mass is 31.2. The zero-order valence-corrected chi connectivity index (χ0v) is 68.7. The van der Waals surface area contributed by atoms with Crippen molar-refractivity contribution >= 4 is 39.5 Å². The summed E-state index contributed by atoms with van der Waals surface area (Å²) >= 11 is 0. The number of unbranched alkanes of at least 4 members (excludes halogenated alkanes) is 52. The fraction of sp³-hybridized carbons (Fsp3) is 0.952. The van der Waals surface area contributed by atoms with Gasteiger partial charge in [-0.05, 0) is 37.5 Å². The number of carbonyl (C=O) groups is 4. The molecule has 0 aliphatic carbocycles. The average molecular weight is 1490 g/mol. The third-order valence-corrected chi connectivity index (χ3v) is 21.4. The quantitative estimate of drug-likeness (QED) is 0.0222. The number of phosphoric ester groups is 2. The molecule has 102 heavy (non-hydrogen) atoms. The van der Waals surface area contributed by atoms with Gasteiger partial charge in [0.15, 0.2) is 12.2 Å². The molecule has 3 N–H and O–H groups in total. The van der Waals surface area contributed by atoms with E-state index >= 15 is 0 Å². The topological polar surface area (TPSA) is 237 Å². The second kappa shape index (κ2) is 74.5. The minimum Gasteiger partial charge on any atom is -0.462 e. The lowest BCUT2D eigenvalue weighted by atomic mass is 10.0. The van der Waals surface area contributed by atoms with Gasteiger partial charge in [-0.1, -0.05) is 388 Å². The molecule has 606 valence electrons. The predicted molar refractivity (Wildman–Crippen MR) is 418 cm³/mol. The first-order valence-corrected chi connectivity index (χ1v) is 46.0. The Morgan fingerprint density at radius 1 is 0.265 bits per heavy atom. The van der Waals surface area contributed by atoms with Crippen LogP contribution in [0.1, 0.15) is 440 Å². The first-order valence-electron chi connectivity index (χ1n) is 43.0. The van der Waals surface area contributed by atoms with E-state index in [1.165, 1.54) is 250 Å². The number of phosphoric acid groups is 2. The van der Waals surface area contributed by atoms with Crippen molar-refractivity contribution in [3.63, 3.8) is 0 Å². The van der Waals surface area contributed by atoms with E-state index in [1.807, 2.05) is 0 Å². The van der Waals surface area contributed by atoms with Gasteiger partial charge in [0.1, 0.15) is 19.3 Å². The molecule has 0 amide bonds. The molecule has 19 heteroatoms. The molecule has 0 saturated heterocycles. The highest BCUT2D eigenvalue weighted by molar-refractivity contribution is 7.47. The lowest BCUT2D eigenvalue weighted by Crippen LogP contribution is -2.30. The number of hydrogen-bond donors (Lipinski definition) is 3. The molecule has 0 saturated carbocycles. The van der Waals surface area contributed by atoms with Crippen molar-refractivity contribution in [2.45, 2.75) is 458 Å². The van der Waals surface area contributed by atoms with E-state index in [9.17, 15) is 43.2 Å². The van der Waals surface area contributed by atoms with Crippen LogP contribution in [-0.2, 0) is 65.4 Å². The van der Waals surface area contributed by atoms with E-state index in [0.717, 1.165) is 108 Å². The molecule has 2 unspecified atom stereocenters. The van der Waals surface area contributed by atoms with E-state index in [4.69, 9.17) is 37.0 Å². The molecule has 0 rings (SSSR count). The third kappa shape index (κ3) is 76.3. The van der Waals surface area contributed by atoms with E-state index in [2.05, 4.69) is 41.5 Å². The number of aliphatic hydroxyl groups is 1. The van der Waals surface area contributed by atoms with Crippen LogP contribution >= 0.6 is 15.6 Å². The molecule has 0 aromatic rings. The smallest absolute Gasteiger partial charge is 0.462 e. The van der Waals surface area contributed by atoms with Gasteiger partial charge >= 0.3 is 39.5 Å². The van der Waals surface area contributed by atoms with Crippen LogP contribution < -0.4 is 0 Å². The fourth-order valence-electron chi connectivity index (χ4n) is 12.9. The molecule has 0 aliphatic heterocycles. The Balaban J connectivity index is 5.19. The summed E-state index contributed by atoms with van der Waals surface area (Å²) in [6, 6.07) is 0. The van der Waals surface area contributed by atoms with Gasteiger partial charge in [-0.3, -0.25) is 37.3 Å². The molecular formula is C83H162O17P2. The highest BCUT2D eigenvalue weighted by Gasteiger charge is 2.30. The standard InChI is InChI=1S/C83H162O17P2/c1-7-9-11-13-15-17-18-19-20-21-22-26-29-32-37-42-48-54-60-66-81(86)94-72-79(100-82(87)67-61-55-49-43-38-33-30-27-24-23-25-28-31-35-40-45-51-57-63-75(3)4)74-98-102(91,92)96-70-77(84)69-95-101(89,90)97-73-78(71-93-80(85)65-59-53-47-16-14-12-10-8-2)99-83(88)68-62-56-50-44-39-34-36-41-46-52-58-64-76(5)6/h75-79,84H,7-74H2,1-6H3,(H,89,90)(H,91,92)/t77-,78+,79+/m0/s1. The van der Waals surface area contributed by atoms with E-state index < -0.39 is 97.5 Å². The SMILES string of the molecule is CCCCCCCCCCCCCCCCCCCCCC(=O)OC[C@H](COP(=O)(O)OC[C@@H](O)COP(=O)(O)OC[C@@H](COC(=O)CCCCCCCCCC)OC(=O)CCCCCCCCCCCCCC(C)C)OC(=O)CCCCCCCCCCCCCCCCCCCCC(C)C. The Hall–Kier alpha value is -1.94. The average Bonchev–Trinajstić information content (AvgIpc) is 0.924. The van der Waals surface area contributed by atoms with Crippen molar-refractivity contribution in [1.29, 1.82) is 0 Å². The summed E-state index contributed by atoms with van der Waals surface area (Å²) in [6.07, 6.45) is 65.4. The first-order chi connectivity index (χ1) is 49.4. The van der Waals surface area contributed by atoms with E-state index in [0.29, 0.717) is 25.7 Å². The summed E-state index contributed by atoms with van der Waals surface area (Å²) in [4.78, 5) is 73.0. The summed E-state index contributed by atoms with van der Waals surface area (Å²) in [6.45, 7) is 9.65. The number of ether oxygens (including phenoxy) is 4. The molecule has 5 atom stereocenters. The normalized spacial score (nSPS) is 13.9. The van der Waals surface area contributed by atoms with Crippen LogP contribution in [0, 0.1) is 11.8 Å². The van der Waals surface area contributed by atoms with Gasteiger partial charge in [0, 0.05) is 25.7 Å². The van der Waals surface area contributed by atoms with Crippen LogP contribution in [0.2, 0.25) is 0 Å². The second-order valence-electron chi connectivity index (χ2n) is 30.8. The maximum atomic E-state index is 13.1. The van der Waals surface area contributed by atoms with Gasteiger partial charge in [0.05, 0.1) is 26.4 Å². The summed E-state index contributed by atoms with van der Waals surface area (Å²) in [5.74, 6) is -0.523. The summed E-state index contributed by atoms with van der Waals surface area (Å²) in [7, 11) is -9.92. The Morgan fingerprint density at radius 2 is 0.451 bits per heavy atom. The molecule has 17 nitrogen and oxygen atoms in total. The van der Waals surface area contributed by atoms with Gasteiger partial charge in [0.25, 0.3) is 0 Å². The van der Waals surface area contributed by atoms with Crippen molar-refractivity contribution in [1.82, 2.24) is 0 Å². The molecule has 0 aromatic heterocycles. The predicted octanol–water partition coefficient (Wildman–Crippen LogP) is 25.1. The molecule has 0 radical (unpaired) electrons. The Kier molecular flexibility index (Phi) is 73.1. The lowest BCUT2D eigenvalue weighted by Gasteiger charge is -2.21. The molecule has 0 aromatic carbocycles. The van der Waals surface area contributed by atoms with Gasteiger partial charge in [-0.15, -0.1) is 0 Å². The Labute approximate surface area is 626 Å². The van der Waals surface area contributed by atoms with Gasteiger partial charge in [-0.2, -0.15) is 0 Å². The molecule has 0 bridgehead atoms. The monoisotopic (exact) mass is 1490 g/mol. The maximum Gasteiger partial charge on any atom is 0.472 e. The molecular weight excluding hydrogens is 1330 g/mol. The molecule has 0 heterocycles. The zero-order chi connectivity index (χ0) is 74.9. The van der Waals surface area contributed by atoms with Crippen LogP contribution in [0.4, 0.5) is 0 Å². The first kappa shape index (κ1) is 100. The van der Waals surface area contributed by atoms with Crippen LogP contribution in [-0.4, -0.2) is 96.7 Å².